The van der Waals surface area contributed by atoms with E-state index in [9.17, 15) is 9.90 Å². The SMILES string of the molecule is CC(C)CC(C)(O)CNC(=O)C1CC1. The van der Waals surface area contributed by atoms with E-state index in [1.54, 1.807) is 6.92 Å². The molecule has 2 N–H and O–H groups in total. The third-order valence-corrected chi connectivity index (χ3v) is 2.44. The molecule has 0 aromatic carbocycles. The molecule has 1 unspecified atom stereocenters. The van der Waals surface area contributed by atoms with Crippen molar-refractivity contribution in [2.45, 2.75) is 45.6 Å². The Bertz CT molecular complexity index is 207. The maximum absolute atomic E-state index is 11.3. The van der Waals surface area contributed by atoms with Crippen molar-refractivity contribution in [1.82, 2.24) is 5.32 Å². The topological polar surface area (TPSA) is 49.3 Å². The highest BCUT2D eigenvalue weighted by atomic mass is 16.3. The summed E-state index contributed by atoms with van der Waals surface area (Å²) in [7, 11) is 0. The molecule has 0 spiro atoms. The van der Waals surface area contributed by atoms with E-state index in [0.29, 0.717) is 12.5 Å². The lowest BCUT2D eigenvalue weighted by Crippen LogP contribution is -2.42. The van der Waals surface area contributed by atoms with Gasteiger partial charge in [-0.2, -0.15) is 0 Å². The average molecular weight is 199 g/mol. The second kappa shape index (κ2) is 4.30. The molecule has 3 heteroatoms. The van der Waals surface area contributed by atoms with Gasteiger partial charge in [0, 0.05) is 12.5 Å². The molecule has 0 radical (unpaired) electrons. The van der Waals surface area contributed by atoms with Crippen LogP contribution in [0.3, 0.4) is 0 Å². The van der Waals surface area contributed by atoms with Crippen LogP contribution in [0.4, 0.5) is 0 Å². The molecule has 0 aliphatic heterocycles. The molecule has 0 heterocycles. The Labute approximate surface area is 85.9 Å². The Kier molecular flexibility index (Phi) is 3.53. The van der Waals surface area contributed by atoms with Gasteiger partial charge >= 0.3 is 0 Å². The number of rotatable bonds is 5. The van der Waals surface area contributed by atoms with E-state index in [-0.39, 0.29) is 11.8 Å². The Morgan fingerprint density at radius 1 is 1.57 bits per heavy atom. The van der Waals surface area contributed by atoms with Crippen molar-refractivity contribution in [3.63, 3.8) is 0 Å². The quantitative estimate of drug-likeness (QED) is 0.701. The van der Waals surface area contributed by atoms with Crippen LogP contribution in [-0.4, -0.2) is 23.2 Å². The molecule has 1 aliphatic rings. The summed E-state index contributed by atoms with van der Waals surface area (Å²) < 4.78 is 0. The van der Waals surface area contributed by atoms with Gasteiger partial charge in [0.1, 0.15) is 0 Å². The van der Waals surface area contributed by atoms with Gasteiger partial charge < -0.3 is 10.4 Å². The molecule has 0 bridgehead atoms. The van der Waals surface area contributed by atoms with Gasteiger partial charge in [0.2, 0.25) is 5.91 Å². The minimum atomic E-state index is -0.765. The Balaban J connectivity index is 2.23. The van der Waals surface area contributed by atoms with Gasteiger partial charge in [-0.1, -0.05) is 13.8 Å². The van der Waals surface area contributed by atoms with Crippen LogP contribution in [0.5, 0.6) is 0 Å². The molecule has 14 heavy (non-hydrogen) atoms. The van der Waals surface area contributed by atoms with Crippen LogP contribution in [0, 0.1) is 11.8 Å². The molecule has 1 saturated carbocycles. The molecular weight excluding hydrogens is 178 g/mol. The van der Waals surface area contributed by atoms with Crippen molar-refractivity contribution in [2.75, 3.05) is 6.54 Å². The van der Waals surface area contributed by atoms with Crippen LogP contribution < -0.4 is 5.32 Å². The average Bonchev–Trinajstić information content (AvgIpc) is 2.79. The fraction of sp³-hybridized carbons (Fsp3) is 0.909. The van der Waals surface area contributed by atoms with E-state index < -0.39 is 5.60 Å². The lowest BCUT2D eigenvalue weighted by atomic mass is 9.94. The van der Waals surface area contributed by atoms with Crippen LogP contribution >= 0.6 is 0 Å². The highest BCUT2D eigenvalue weighted by molar-refractivity contribution is 5.80. The molecule has 1 fully saturated rings. The number of nitrogens with one attached hydrogen (secondary N) is 1. The highest BCUT2D eigenvalue weighted by Gasteiger charge is 2.31. The third-order valence-electron chi connectivity index (χ3n) is 2.44. The summed E-state index contributed by atoms with van der Waals surface area (Å²) in [5.74, 6) is 0.779. The smallest absolute Gasteiger partial charge is 0.223 e. The lowest BCUT2D eigenvalue weighted by Gasteiger charge is -2.25. The number of hydrogen-bond donors (Lipinski definition) is 2. The Morgan fingerprint density at radius 3 is 2.57 bits per heavy atom. The maximum Gasteiger partial charge on any atom is 0.223 e. The standard InChI is InChI=1S/C11H21NO2/c1-8(2)6-11(3,14)7-12-10(13)9-4-5-9/h8-9,14H,4-7H2,1-3H3,(H,12,13). The minimum absolute atomic E-state index is 0.106. The first-order valence-corrected chi connectivity index (χ1v) is 5.41. The van der Waals surface area contributed by atoms with E-state index in [1.165, 1.54) is 0 Å². The summed E-state index contributed by atoms with van der Waals surface area (Å²) in [6.45, 7) is 6.29. The number of hydrogen-bond acceptors (Lipinski definition) is 2. The van der Waals surface area contributed by atoms with E-state index in [0.717, 1.165) is 19.3 Å². The van der Waals surface area contributed by atoms with Crippen molar-refractivity contribution in [2.24, 2.45) is 11.8 Å². The summed E-state index contributed by atoms with van der Waals surface area (Å²) >= 11 is 0. The first-order chi connectivity index (χ1) is 6.41. The predicted octanol–water partition coefficient (Wildman–Crippen LogP) is 1.31. The lowest BCUT2D eigenvalue weighted by molar-refractivity contribution is -0.123. The fourth-order valence-electron chi connectivity index (χ4n) is 1.72. The Hall–Kier alpha value is -0.570. The summed E-state index contributed by atoms with van der Waals surface area (Å²) in [6.07, 6.45) is 2.74. The zero-order valence-corrected chi connectivity index (χ0v) is 9.34. The van der Waals surface area contributed by atoms with Crippen LogP contribution in [0.25, 0.3) is 0 Å². The zero-order chi connectivity index (χ0) is 10.8. The van der Waals surface area contributed by atoms with Gasteiger partial charge in [-0.3, -0.25) is 4.79 Å². The van der Waals surface area contributed by atoms with Crippen molar-refractivity contribution < 1.29 is 9.90 Å². The normalized spacial score (nSPS) is 20.6. The van der Waals surface area contributed by atoms with Gasteiger partial charge in [0.15, 0.2) is 0 Å². The van der Waals surface area contributed by atoms with Gasteiger partial charge in [-0.05, 0) is 32.1 Å². The van der Waals surface area contributed by atoms with Crippen molar-refractivity contribution in [3.05, 3.63) is 0 Å². The third kappa shape index (κ3) is 4.09. The van der Waals surface area contributed by atoms with Crippen LogP contribution in [0.15, 0.2) is 0 Å². The number of carbonyl (C=O) groups excluding carboxylic acids is 1. The van der Waals surface area contributed by atoms with Crippen molar-refractivity contribution >= 4 is 5.91 Å². The molecule has 1 aliphatic carbocycles. The molecule has 0 aromatic rings. The number of amides is 1. The maximum atomic E-state index is 11.3. The van der Waals surface area contributed by atoms with E-state index in [1.807, 2.05) is 0 Å². The molecule has 82 valence electrons. The number of carbonyl (C=O) groups is 1. The van der Waals surface area contributed by atoms with Crippen molar-refractivity contribution in [1.29, 1.82) is 0 Å². The van der Waals surface area contributed by atoms with Gasteiger partial charge in [-0.15, -0.1) is 0 Å². The summed E-state index contributed by atoms with van der Waals surface area (Å²) in [5, 5.41) is 12.7. The molecule has 1 amide bonds. The molecule has 1 atom stereocenters. The summed E-state index contributed by atoms with van der Waals surface area (Å²) in [6, 6.07) is 0. The summed E-state index contributed by atoms with van der Waals surface area (Å²) in [5.41, 5.74) is -0.765. The largest absolute Gasteiger partial charge is 0.388 e. The van der Waals surface area contributed by atoms with Crippen molar-refractivity contribution in [3.8, 4) is 0 Å². The van der Waals surface area contributed by atoms with Crippen LogP contribution in [0.1, 0.15) is 40.0 Å². The summed E-state index contributed by atoms with van der Waals surface area (Å²) in [4.78, 5) is 11.3. The molecule has 0 saturated heterocycles. The van der Waals surface area contributed by atoms with Crippen LogP contribution in [0.2, 0.25) is 0 Å². The zero-order valence-electron chi connectivity index (χ0n) is 9.34. The Morgan fingerprint density at radius 2 is 2.14 bits per heavy atom. The highest BCUT2D eigenvalue weighted by Crippen LogP contribution is 2.28. The van der Waals surface area contributed by atoms with E-state index in [4.69, 9.17) is 0 Å². The molecule has 0 aromatic heterocycles. The first-order valence-electron chi connectivity index (χ1n) is 5.41. The van der Waals surface area contributed by atoms with Gasteiger partial charge in [-0.25, -0.2) is 0 Å². The molecule has 3 nitrogen and oxygen atoms in total. The predicted molar refractivity (Wildman–Crippen MR) is 55.8 cm³/mol. The monoisotopic (exact) mass is 199 g/mol. The molecular formula is C11H21NO2. The van der Waals surface area contributed by atoms with E-state index >= 15 is 0 Å². The second-order valence-electron chi connectivity index (χ2n) is 5.09. The fourth-order valence-corrected chi connectivity index (χ4v) is 1.72. The first kappa shape index (κ1) is 11.5. The van der Waals surface area contributed by atoms with E-state index in [2.05, 4.69) is 19.2 Å². The minimum Gasteiger partial charge on any atom is -0.388 e. The molecule has 1 rings (SSSR count). The van der Waals surface area contributed by atoms with Gasteiger partial charge in [0.05, 0.1) is 5.60 Å². The van der Waals surface area contributed by atoms with Gasteiger partial charge in [0.25, 0.3) is 0 Å². The van der Waals surface area contributed by atoms with Crippen LogP contribution in [-0.2, 0) is 4.79 Å². The number of aliphatic hydroxyl groups is 1. The second-order valence-corrected chi connectivity index (χ2v) is 5.09.